The van der Waals surface area contributed by atoms with Crippen LogP contribution in [0.25, 0.3) is 6.08 Å². The highest BCUT2D eigenvalue weighted by molar-refractivity contribution is 5.94. The molecule has 0 atom stereocenters. The molecule has 0 saturated carbocycles. The van der Waals surface area contributed by atoms with E-state index in [1.165, 1.54) is 12.1 Å². The Morgan fingerprint density at radius 3 is 2.61 bits per heavy atom. The topological polar surface area (TPSA) is 112 Å². The Morgan fingerprint density at radius 1 is 1.22 bits per heavy atom. The van der Waals surface area contributed by atoms with Crippen LogP contribution in [0.1, 0.15) is 5.76 Å². The molecular formula is C15H12N2O6. The number of esters is 1. The Bertz CT molecular complexity index is 735. The molecule has 0 aliphatic heterocycles. The summed E-state index contributed by atoms with van der Waals surface area (Å²) in [6.45, 7) is -0.448. The second-order valence-corrected chi connectivity index (χ2v) is 4.29. The third kappa shape index (κ3) is 5.12. The molecule has 1 heterocycles. The number of hydrogen-bond acceptors (Lipinski definition) is 6. The molecule has 0 spiro atoms. The van der Waals surface area contributed by atoms with Crippen LogP contribution in [-0.4, -0.2) is 23.4 Å². The zero-order chi connectivity index (χ0) is 16.7. The van der Waals surface area contributed by atoms with Gasteiger partial charge in [-0.2, -0.15) is 0 Å². The number of amides is 1. The van der Waals surface area contributed by atoms with E-state index in [9.17, 15) is 19.7 Å². The molecule has 2 aromatic rings. The smallest absolute Gasteiger partial charge is 0.433 e. The van der Waals surface area contributed by atoms with Crippen molar-refractivity contribution in [1.29, 1.82) is 0 Å². The predicted molar refractivity (Wildman–Crippen MR) is 80.4 cm³/mol. The predicted octanol–water partition coefficient (Wildman–Crippen LogP) is 2.38. The third-order valence-electron chi connectivity index (χ3n) is 2.58. The molecule has 0 aliphatic carbocycles. The molecule has 118 valence electrons. The number of hydrogen-bond donors (Lipinski definition) is 1. The van der Waals surface area contributed by atoms with E-state index in [1.807, 2.05) is 0 Å². The van der Waals surface area contributed by atoms with Gasteiger partial charge in [0.1, 0.15) is 10.7 Å². The highest BCUT2D eigenvalue weighted by Gasteiger charge is 2.10. The van der Waals surface area contributed by atoms with Crippen molar-refractivity contribution in [3.63, 3.8) is 0 Å². The molecule has 0 bridgehead atoms. The molecule has 0 saturated heterocycles. The molecule has 1 amide bonds. The first-order chi connectivity index (χ1) is 11.0. The maximum absolute atomic E-state index is 11.6. The summed E-state index contributed by atoms with van der Waals surface area (Å²) >= 11 is 0. The number of furan rings is 1. The van der Waals surface area contributed by atoms with Gasteiger partial charge < -0.3 is 14.5 Å². The highest BCUT2D eigenvalue weighted by Crippen LogP contribution is 2.16. The summed E-state index contributed by atoms with van der Waals surface area (Å²) in [7, 11) is 0. The first-order valence-corrected chi connectivity index (χ1v) is 6.48. The fraction of sp³-hybridized carbons (Fsp3) is 0.0667. The van der Waals surface area contributed by atoms with Gasteiger partial charge in [0.05, 0.1) is 6.07 Å². The number of carbonyl (C=O) groups is 2. The first-order valence-electron chi connectivity index (χ1n) is 6.48. The summed E-state index contributed by atoms with van der Waals surface area (Å²) in [5, 5.41) is 13.0. The van der Waals surface area contributed by atoms with Gasteiger partial charge in [-0.15, -0.1) is 0 Å². The van der Waals surface area contributed by atoms with E-state index in [-0.39, 0.29) is 5.76 Å². The van der Waals surface area contributed by atoms with Crippen molar-refractivity contribution in [3.8, 4) is 0 Å². The minimum absolute atomic E-state index is 0.127. The summed E-state index contributed by atoms with van der Waals surface area (Å²) in [4.78, 5) is 32.8. The van der Waals surface area contributed by atoms with Crippen LogP contribution >= 0.6 is 0 Å². The second-order valence-electron chi connectivity index (χ2n) is 4.29. The third-order valence-corrected chi connectivity index (χ3v) is 2.58. The monoisotopic (exact) mass is 316 g/mol. The van der Waals surface area contributed by atoms with Gasteiger partial charge in [0.2, 0.25) is 0 Å². The number of nitro groups is 1. The lowest BCUT2D eigenvalue weighted by Gasteiger charge is -2.04. The summed E-state index contributed by atoms with van der Waals surface area (Å²) in [6.07, 6.45) is 2.22. The zero-order valence-electron chi connectivity index (χ0n) is 11.8. The van der Waals surface area contributed by atoms with Crippen molar-refractivity contribution in [1.82, 2.24) is 0 Å². The number of benzene rings is 1. The molecule has 1 N–H and O–H groups in total. The summed E-state index contributed by atoms with van der Waals surface area (Å²) < 4.78 is 9.57. The molecule has 8 heteroatoms. The number of ether oxygens (including phenoxy) is 1. The van der Waals surface area contributed by atoms with Crippen LogP contribution in [0.4, 0.5) is 11.6 Å². The molecule has 0 unspecified atom stereocenters. The van der Waals surface area contributed by atoms with Gasteiger partial charge in [-0.25, -0.2) is 4.79 Å². The van der Waals surface area contributed by atoms with E-state index in [4.69, 9.17) is 9.15 Å². The van der Waals surface area contributed by atoms with E-state index in [2.05, 4.69) is 5.32 Å². The average Bonchev–Trinajstić information content (AvgIpc) is 3.01. The standard InChI is InChI=1S/C15H12N2O6/c18-13(16-11-4-2-1-3-5-11)10-22-15(19)9-7-12-6-8-14(23-12)17(20)21/h1-9H,10H2,(H,16,18)/b9-7+. The Hall–Kier alpha value is -3.42. The van der Waals surface area contributed by atoms with Gasteiger partial charge in [0, 0.05) is 11.8 Å². The van der Waals surface area contributed by atoms with Crippen LogP contribution in [0.15, 0.2) is 53.0 Å². The van der Waals surface area contributed by atoms with Crippen LogP contribution in [0.5, 0.6) is 0 Å². The number of nitrogens with zero attached hydrogens (tertiary/aromatic N) is 1. The molecule has 0 aliphatic rings. The Labute approximate surface area is 130 Å². The normalized spacial score (nSPS) is 10.4. The van der Waals surface area contributed by atoms with Crippen LogP contribution in [0.3, 0.4) is 0 Å². The van der Waals surface area contributed by atoms with E-state index in [0.717, 1.165) is 12.1 Å². The van der Waals surface area contributed by atoms with E-state index in [0.29, 0.717) is 5.69 Å². The summed E-state index contributed by atoms with van der Waals surface area (Å²) in [5.74, 6) is -1.55. The van der Waals surface area contributed by atoms with Crippen molar-refractivity contribution >= 4 is 29.5 Å². The lowest BCUT2D eigenvalue weighted by Crippen LogP contribution is -2.20. The largest absolute Gasteiger partial charge is 0.452 e. The number of nitrogens with one attached hydrogen (secondary N) is 1. The molecule has 8 nitrogen and oxygen atoms in total. The van der Waals surface area contributed by atoms with Crippen molar-refractivity contribution < 1.29 is 23.7 Å². The minimum atomic E-state index is -0.771. The fourth-order valence-corrected chi connectivity index (χ4v) is 1.58. The quantitative estimate of drug-likeness (QED) is 0.379. The Morgan fingerprint density at radius 2 is 1.96 bits per heavy atom. The molecule has 0 radical (unpaired) electrons. The average molecular weight is 316 g/mol. The van der Waals surface area contributed by atoms with Gasteiger partial charge >= 0.3 is 11.9 Å². The number of carbonyl (C=O) groups excluding carboxylic acids is 2. The lowest BCUT2D eigenvalue weighted by molar-refractivity contribution is -0.402. The zero-order valence-corrected chi connectivity index (χ0v) is 11.8. The highest BCUT2D eigenvalue weighted by atomic mass is 16.6. The summed E-state index contributed by atoms with van der Waals surface area (Å²) in [5.41, 5.74) is 0.590. The van der Waals surface area contributed by atoms with Crippen LogP contribution in [0.2, 0.25) is 0 Å². The van der Waals surface area contributed by atoms with Gasteiger partial charge in [-0.3, -0.25) is 14.9 Å². The molecule has 2 rings (SSSR count). The van der Waals surface area contributed by atoms with E-state index in [1.54, 1.807) is 30.3 Å². The van der Waals surface area contributed by atoms with Crippen molar-refractivity contribution in [2.45, 2.75) is 0 Å². The van der Waals surface area contributed by atoms with Crippen LogP contribution in [0, 0.1) is 10.1 Å². The van der Waals surface area contributed by atoms with Crippen molar-refractivity contribution in [3.05, 3.63) is 64.4 Å². The maximum Gasteiger partial charge on any atom is 0.433 e. The first kappa shape index (κ1) is 16.0. The van der Waals surface area contributed by atoms with Gasteiger partial charge in [-0.05, 0) is 24.3 Å². The minimum Gasteiger partial charge on any atom is -0.452 e. The molecule has 1 aromatic carbocycles. The SMILES string of the molecule is O=C(COC(=O)/C=C/c1ccc([N+](=O)[O-])o1)Nc1ccccc1. The fourth-order valence-electron chi connectivity index (χ4n) is 1.58. The second kappa shape index (κ2) is 7.55. The number of rotatable bonds is 6. The van der Waals surface area contributed by atoms with Gasteiger partial charge in [-0.1, -0.05) is 18.2 Å². The number of para-hydroxylation sites is 1. The van der Waals surface area contributed by atoms with E-state index < -0.39 is 29.3 Å². The molecule has 23 heavy (non-hydrogen) atoms. The Kier molecular flexibility index (Phi) is 5.24. The van der Waals surface area contributed by atoms with Crippen molar-refractivity contribution in [2.24, 2.45) is 0 Å². The molecule has 0 fully saturated rings. The van der Waals surface area contributed by atoms with Gasteiger partial charge in [0.15, 0.2) is 6.61 Å². The van der Waals surface area contributed by atoms with E-state index >= 15 is 0 Å². The molecule has 1 aromatic heterocycles. The Balaban J connectivity index is 1.79. The van der Waals surface area contributed by atoms with Crippen molar-refractivity contribution in [2.75, 3.05) is 11.9 Å². The number of anilines is 1. The van der Waals surface area contributed by atoms with Crippen LogP contribution in [-0.2, 0) is 14.3 Å². The molecular weight excluding hydrogens is 304 g/mol. The lowest BCUT2D eigenvalue weighted by atomic mass is 10.3. The van der Waals surface area contributed by atoms with Gasteiger partial charge in [0.25, 0.3) is 5.91 Å². The maximum atomic E-state index is 11.6. The van der Waals surface area contributed by atoms with Crippen LogP contribution < -0.4 is 5.32 Å². The summed E-state index contributed by atoms with van der Waals surface area (Å²) in [6, 6.07) is 11.2.